The number of halogens is 1. The van der Waals surface area contributed by atoms with Crippen molar-refractivity contribution in [3.05, 3.63) is 34.9 Å². The molecule has 1 amide bonds. The molecule has 106 valence electrons. The van der Waals surface area contributed by atoms with Crippen molar-refractivity contribution in [3.8, 4) is 0 Å². The highest BCUT2D eigenvalue weighted by molar-refractivity contribution is 6.30. The first-order valence-corrected chi connectivity index (χ1v) is 6.90. The van der Waals surface area contributed by atoms with E-state index in [1.54, 1.807) is 0 Å². The van der Waals surface area contributed by atoms with Crippen molar-refractivity contribution < 1.29 is 4.79 Å². The van der Waals surface area contributed by atoms with Crippen LogP contribution >= 0.6 is 11.6 Å². The molecular formula is C15H23ClN2O. The molecule has 0 saturated heterocycles. The molecule has 3 nitrogen and oxygen atoms in total. The van der Waals surface area contributed by atoms with Gasteiger partial charge in [-0.25, -0.2) is 0 Å². The number of rotatable bonds is 4. The Morgan fingerprint density at radius 1 is 1.26 bits per heavy atom. The molecule has 0 aromatic heterocycles. The number of hydrogen-bond acceptors (Lipinski definition) is 2. The molecule has 0 heterocycles. The Hall–Kier alpha value is -1.06. The van der Waals surface area contributed by atoms with Crippen LogP contribution in [-0.2, 0) is 4.79 Å². The minimum Gasteiger partial charge on any atom is -0.350 e. The maximum Gasteiger partial charge on any atom is 0.237 e. The van der Waals surface area contributed by atoms with Crippen LogP contribution in [0.2, 0.25) is 5.02 Å². The van der Waals surface area contributed by atoms with Crippen LogP contribution in [0.4, 0.5) is 0 Å². The normalized spacial score (nSPS) is 14.8. The van der Waals surface area contributed by atoms with Crippen LogP contribution in [0.15, 0.2) is 24.3 Å². The van der Waals surface area contributed by atoms with Crippen molar-refractivity contribution in [1.29, 1.82) is 0 Å². The van der Waals surface area contributed by atoms with Crippen molar-refractivity contribution in [1.82, 2.24) is 10.6 Å². The Labute approximate surface area is 120 Å². The van der Waals surface area contributed by atoms with E-state index in [0.29, 0.717) is 5.02 Å². The van der Waals surface area contributed by atoms with Gasteiger partial charge in [-0.15, -0.1) is 0 Å². The Morgan fingerprint density at radius 2 is 1.89 bits per heavy atom. The van der Waals surface area contributed by atoms with Gasteiger partial charge in [0.2, 0.25) is 5.91 Å². The van der Waals surface area contributed by atoms with Gasteiger partial charge < -0.3 is 5.32 Å². The lowest BCUT2D eigenvalue weighted by Crippen LogP contribution is -2.49. The van der Waals surface area contributed by atoms with E-state index in [1.165, 1.54) is 0 Å². The smallest absolute Gasteiger partial charge is 0.237 e. The topological polar surface area (TPSA) is 41.1 Å². The van der Waals surface area contributed by atoms with Crippen LogP contribution in [0.1, 0.15) is 46.2 Å². The third kappa shape index (κ3) is 5.62. The highest BCUT2D eigenvalue weighted by atomic mass is 35.5. The van der Waals surface area contributed by atoms with Gasteiger partial charge in [-0.05, 0) is 52.3 Å². The lowest BCUT2D eigenvalue weighted by molar-refractivity contribution is -0.124. The molecule has 0 aliphatic rings. The summed E-state index contributed by atoms with van der Waals surface area (Å²) in [4.78, 5) is 12.0. The molecular weight excluding hydrogens is 260 g/mol. The van der Waals surface area contributed by atoms with Crippen LogP contribution in [-0.4, -0.2) is 17.5 Å². The second-order valence-corrected chi connectivity index (χ2v) is 6.34. The van der Waals surface area contributed by atoms with Gasteiger partial charge >= 0.3 is 0 Å². The van der Waals surface area contributed by atoms with Gasteiger partial charge in [-0.1, -0.05) is 23.7 Å². The number of carbonyl (C=O) groups is 1. The zero-order valence-corrected chi connectivity index (χ0v) is 13.0. The van der Waals surface area contributed by atoms with Gasteiger partial charge in [-0.2, -0.15) is 0 Å². The molecule has 1 aromatic rings. The van der Waals surface area contributed by atoms with Gasteiger partial charge in [0.25, 0.3) is 0 Å². The van der Waals surface area contributed by atoms with Crippen molar-refractivity contribution in [2.45, 2.75) is 52.2 Å². The highest BCUT2D eigenvalue weighted by Crippen LogP contribution is 2.17. The number of nitrogens with one attached hydrogen (secondary N) is 2. The van der Waals surface area contributed by atoms with Gasteiger partial charge in [0.15, 0.2) is 0 Å². The Balaban J connectivity index is 2.61. The summed E-state index contributed by atoms with van der Waals surface area (Å²) in [6.45, 7) is 9.79. The predicted molar refractivity (Wildman–Crippen MR) is 80.4 cm³/mol. The second-order valence-electron chi connectivity index (χ2n) is 5.90. The molecule has 1 unspecified atom stereocenters. The van der Waals surface area contributed by atoms with E-state index >= 15 is 0 Å². The molecule has 19 heavy (non-hydrogen) atoms. The van der Waals surface area contributed by atoms with Gasteiger partial charge in [-0.3, -0.25) is 10.1 Å². The quantitative estimate of drug-likeness (QED) is 0.890. The second kappa shape index (κ2) is 6.40. The maximum absolute atomic E-state index is 12.0. The summed E-state index contributed by atoms with van der Waals surface area (Å²) in [5.41, 5.74) is 0.856. The number of amides is 1. The summed E-state index contributed by atoms with van der Waals surface area (Å²) in [6.07, 6.45) is 0. The van der Waals surface area contributed by atoms with Crippen molar-refractivity contribution >= 4 is 17.5 Å². The zero-order chi connectivity index (χ0) is 14.6. The number of carbonyl (C=O) groups excluding carboxylic acids is 1. The van der Waals surface area contributed by atoms with E-state index in [2.05, 4.69) is 10.6 Å². The maximum atomic E-state index is 12.0. The van der Waals surface area contributed by atoms with E-state index < -0.39 is 0 Å². The van der Waals surface area contributed by atoms with E-state index in [4.69, 9.17) is 11.6 Å². The van der Waals surface area contributed by atoms with Crippen LogP contribution in [0.3, 0.4) is 0 Å². The molecule has 1 aromatic carbocycles. The van der Waals surface area contributed by atoms with E-state index in [-0.39, 0.29) is 23.5 Å². The Morgan fingerprint density at radius 3 is 2.42 bits per heavy atom. The first-order chi connectivity index (χ1) is 8.69. The molecule has 0 aliphatic carbocycles. The van der Waals surface area contributed by atoms with E-state index in [0.717, 1.165) is 5.56 Å². The fraction of sp³-hybridized carbons (Fsp3) is 0.533. The zero-order valence-electron chi connectivity index (χ0n) is 12.3. The van der Waals surface area contributed by atoms with Crippen LogP contribution in [0.5, 0.6) is 0 Å². The van der Waals surface area contributed by atoms with E-state index in [9.17, 15) is 4.79 Å². The van der Waals surface area contributed by atoms with Crippen molar-refractivity contribution in [2.24, 2.45) is 0 Å². The molecule has 0 fully saturated rings. The monoisotopic (exact) mass is 282 g/mol. The fourth-order valence-electron chi connectivity index (χ4n) is 1.80. The third-order valence-corrected chi connectivity index (χ3v) is 2.98. The molecule has 0 spiro atoms. The standard InChI is InChI=1S/C15H23ClN2O/c1-10(12-7-6-8-13(16)9-12)17-11(2)14(19)18-15(3,4)5/h6-11,17H,1-5H3,(H,18,19)/t10-,11?/m0/s1. The molecule has 2 N–H and O–H groups in total. The first-order valence-electron chi connectivity index (χ1n) is 6.52. The SMILES string of the molecule is CC(N[C@@H](C)c1cccc(Cl)c1)C(=O)NC(C)(C)C. The van der Waals surface area contributed by atoms with Crippen LogP contribution in [0.25, 0.3) is 0 Å². The lowest BCUT2D eigenvalue weighted by Gasteiger charge is -2.25. The fourth-order valence-corrected chi connectivity index (χ4v) is 2.00. The Bertz CT molecular complexity index is 440. The molecule has 0 radical (unpaired) electrons. The summed E-state index contributed by atoms with van der Waals surface area (Å²) >= 11 is 5.97. The van der Waals surface area contributed by atoms with Crippen LogP contribution < -0.4 is 10.6 Å². The summed E-state index contributed by atoms with van der Waals surface area (Å²) in [5, 5.41) is 6.94. The summed E-state index contributed by atoms with van der Waals surface area (Å²) < 4.78 is 0. The van der Waals surface area contributed by atoms with Crippen LogP contribution in [0, 0.1) is 0 Å². The molecule has 2 atom stereocenters. The highest BCUT2D eigenvalue weighted by Gasteiger charge is 2.20. The minimum absolute atomic E-state index is 0.00128. The lowest BCUT2D eigenvalue weighted by atomic mass is 10.1. The summed E-state index contributed by atoms with van der Waals surface area (Å²) in [6, 6.07) is 7.47. The van der Waals surface area contributed by atoms with Crippen molar-refractivity contribution in [3.63, 3.8) is 0 Å². The predicted octanol–water partition coefficient (Wildman–Crippen LogP) is 3.29. The van der Waals surface area contributed by atoms with Gasteiger partial charge in [0.1, 0.15) is 0 Å². The average Bonchev–Trinajstić information content (AvgIpc) is 2.26. The molecule has 0 bridgehead atoms. The number of benzene rings is 1. The van der Waals surface area contributed by atoms with Gasteiger partial charge in [0, 0.05) is 16.6 Å². The average molecular weight is 283 g/mol. The molecule has 1 rings (SSSR count). The largest absolute Gasteiger partial charge is 0.350 e. The first kappa shape index (κ1) is 16.0. The van der Waals surface area contributed by atoms with E-state index in [1.807, 2.05) is 58.9 Å². The molecule has 4 heteroatoms. The summed E-state index contributed by atoms with van der Waals surface area (Å²) in [7, 11) is 0. The van der Waals surface area contributed by atoms with Crippen molar-refractivity contribution in [2.75, 3.05) is 0 Å². The number of hydrogen-bond donors (Lipinski definition) is 2. The van der Waals surface area contributed by atoms with Gasteiger partial charge in [0.05, 0.1) is 6.04 Å². The molecule has 0 saturated carbocycles. The molecule has 0 aliphatic heterocycles. The third-order valence-electron chi connectivity index (χ3n) is 2.74. The Kier molecular flexibility index (Phi) is 5.39. The summed E-state index contributed by atoms with van der Waals surface area (Å²) in [5.74, 6) is 0.00128. The minimum atomic E-state index is -0.256.